The number of aliphatic hydroxyl groups is 2. The van der Waals surface area contributed by atoms with E-state index in [-0.39, 0.29) is 18.6 Å². The van der Waals surface area contributed by atoms with Crippen LogP contribution in [0.25, 0.3) is 0 Å². The molecular formula is C16H30O2. The van der Waals surface area contributed by atoms with E-state index in [1.165, 1.54) is 64.2 Å². The van der Waals surface area contributed by atoms with Gasteiger partial charge in [0.05, 0.1) is 13.2 Å². The van der Waals surface area contributed by atoms with Gasteiger partial charge < -0.3 is 10.2 Å². The van der Waals surface area contributed by atoms with Crippen molar-refractivity contribution in [2.75, 3.05) is 13.2 Å². The van der Waals surface area contributed by atoms with E-state index < -0.39 is 0 Å². The fourth-order valence-corrected chi connectivity index (χ4v) is 4.18. The van der Waals surface area contributed by atoms with Crippen LogP contribution in [0, 0.1) is 17.3 Å². The Hall–Kier alpha value is -0.0800. The van der Waals surface area contributed by atoms with Crippen LogP contribution >= 0.6 is 0 Å². The maximum atomic E-state index is 9.81. The second-order valence-electron chi connectivity index (χ2n) is 6.70. The third-order valence-electron chi connectivity index (χ3n) is 5.63. The molecule has 2 N–H and O–H groups in total. The smallest absolute Gasteiger partial charge is 0.0512 e. The summed E-state index contributed by atoms with van der Waals surface area (Å²) in [6.07, 6.45) is 14.2. The molecular weight excluding hydrogens is 224 g/mol. The Labute approximate surface area is 112 Å². The van der Waals surface area contributed by atoms with Crippen molar-refractivity contribution in [1.82, 2.24) is 0 Å². The molecule has 0 saturated heterocycles. The monoisotopic (exact) mass is 254 g/mol. The largest absolute Gasteiger partial charge is 0.396 e. The summed E-state index contributed by atoms with van der Waals surface area (Å²) in [5.41, 5.74) is -0.173. The molecule has 0 spiro atoms. The van der Waals surface area contributed by atoms with Crippen LogP contribution in [-0.2, 0) is 0 Å². The molecule has 0 bridgehead atoms. The molecule has 0 amide bonds. The second-order valence-corrected chi connectivity index (χ2v) is 6.70. The van der Waals surface area contributed by atoms with Gasteiger partial charge in [-0.2, -0.15) is 0 Å². The van der Waals surface area contributed by atoms with E-state index in [0.717, 1.165) is 12.3 Å². The normalized spacial score (nSPS) is 23.7. The number of hydrogen-bond acceptors (Lipinski definition) is 2. The predicted octanol–water partition coefficient (Wildman–Crippen LogP) is 3.51. The van der Waals surface area contributed by atoms with E-state index in [9.17, 15) is 10.2 Å². The highest BCUT2D eigenvalue weighted by Gasteiger charge is 2.39. The Morgan fingerprint density at radius 1 is 0.778 bits per heavy atom. The molecule has 0 radical (unpaired) electrons. The van der Waals surface area contributed by atoms with Crippen LogP contribution in [-0.4, -0.2) is 23.4 Å². The number of hydrogen-bond donors (Lipinski definition) is 2. The van der Waals surface area contributed by atoms with Crippen LogP contribution in [0.15, 0.2) is 0 Å². The molecule has 0 heterocycles. The van der Waals surface area contributed by atoms with Crippen LogP contribution in [0.1, 0.15) is 70.6 Å². The summed E-state index contributed by atoms with van der Waals surface area (Å²) in [4.78, 5) is 0. The van der Waals surface area contributed by atoms with Crippen molar-refractivity contribution in [3.8, 4) is 0 Å². The minimum atomic E-state index is -0.173. The maximum Gasteiger partial charge on any atom is 0.0512 e. The van der Waals surface area contributed by atoms with Gasteiger partial charge in [0.1, 0.15) is 0 Å². The Balaban J connectivity index is 1.87. The van der Waals surface area contributed by atoms with Gasteiger partial charge in [0.15, 0.2) is 0 Å². The zero-order valence-electron chi connectivity index (χ0n) is 11.7. The molecule has 2 saturated carbocycles. The lowest BCUT2D eigenvalue weighted by Crippen LogP contribution is -2.37. The van der Waals surface area contributed by atoms with Crippen molar-refractivity contribution in [2.24, 2.45) is 17.3 Å². The Kier molecular flexibility index (Phi) is 5.50. The van der Waals surface area contributed by atoms with Gasteiger partial charge in [0, 0.05) is 5.41 Å². The van der Waals surface area contributed by atoms with E-state index in [0.29, 0.717) is 5.92 Å². The van der Waals surface area contributed by atoms with Crippen molar-refractivity contribution in [3.05, 3.63) is 0 Å². The SMILES string of the molecule is OCC(CO)(CCC1CCCCC1)C1CCCC1. The van der Waals surface area contributed by atoms with E-state index in [4.69, 9.17) is 0 Å². The molecule has 0 unspecified atom stereocenters. The standard InChI is InChI=1S/C16H30O2/c17-12-16(13-18,15-8-4-5-9-15)11-10-14-6-2-1-3-7-14/h14-15,17-18H,1-13H2. The summed E-state index contributed by atoms with van der Waals surface area (Å²) in [7, 11) is 0. The van der Waals surface area contributed by atoms with Gasteiger partial charge in [-0.3, -0.25) is 0 Å². The van der Waals surface area contributed by atoms with Crippen molar-refractivity contribution in [1.29, 1.82) is 0 Å². The lowest BCUT2D eigenvalue weighted by molar-refractivity contribution is -0.00728. The van der Waals surface area contributed by atoms with E-state index in [2.05, 4.69) is 0 Å². The fraction of sp³-hybridized carbons (Fsp3) is 1.00. The molecule has 0 aromatic heterocycles. The van der Waals surface area contributed by atoms with Gasteiger partial charge in [-0.15, -0.1) is 0 Å². The molecule has 2 rings (SSSR count). The lowest BCUT2D eigenvalue weighted by atomic mass is 9.70. The summed E-state index contributed by atoms with van der Waals surface area (Å²) in [5.74, 6) is 1.42. The van der Waals surface area contributed by atoms with E-state index in [1.807, 2.05) is 0 Å². The highest BCUT2D eigenvalue weighted by molar-refractivity contribution is 4.89. The van der Waals surface area contributed by atoms with E-state index in [1.54, 1.807) is 0 Å². The summed E-state index contributed by atoms with van der Waals surface area (Å²) in [6.45, 7) is 0.363. The second kappa shape index (κ2) is 6.91. The molecule has 0 aromatic carbocycles. The zero-order chi connectivity index (χ0) is 12.8. The lowest BCUT2D eigenvalue weighted by Gasteiger charge is -2.37. The summed E-state index contributed by atoms with van der Waals surface area (Å²) in [5, 5.41) is 19.6. The van der Waals surface area contributed by atoms with Crippen molar-refractivity contribution >= 4 is 0 Å². The van der Waals surface area contributed by atoms with Gasteiger partial charge >= 0.3 is 0 Å². The molecule has 2 heteroatoms. The Morgan fingerprint density at radius 2 is 1.33 bits per heavy atom. The first kappa shape index (κ1) is 14.3. The van der Waals surface area contributed by atoms with E-state index >= 15 is 0 Å². The quantitative estimate of drug-likeness (QED) is 0.761. The number of aliphatic hydroxyl groups excluding tert-OH is 2. The highest BCUT2D eigenvalue weighted by Crippen LogP contribution is 2.44. The highest BCUT2D eigenvalue weighted by atomic mass is 16.3. The van der Waals surface area contributed by atoms with Crippen molar-refractivity contribution in [3.63, 3.8) is 0 Å². The maximum absolute atomic E-state index is 9.81. The van der Waals surface area contributed by atoms with Crippen LogP contribution in [0.4, 0.5) is 0 Å². The topological polar surface area (TPSA) is 40.5 Å². The van der Waals surface area contributed by atoms with Gasteiger partial charge in [-0.05, 0) is 37.5 Å². The summed E-state index contributed by atoms with van der Waals surface area (Å²) >= 11 is 0. The van der Waals surface area contributed by atoms with Gasteiger partial charge in [0.25, 0.3) is 0 Å². The number of rotatable bonds is 6. The Morgan fingerprint density at radius 3 is 1.89 bits per heavy atom. The first-order chi connectivity index (χ1) is 8.80. The van der Waals surface area contributed by atoms with Crippen molar-refractivity contribution in [2.45, 2.75) is 70.6 Å². The minimum absolute atomic E-state index is 0.173. The molecule has 0 aromatic rings. The molecule has 2 fully saturated rings. The molecule has 0 atom stereocenters. The first-order valence-electron chi connectivity index (χ1n) is 8.02. The molecule has 0 aliphatic heterocycles. The van der Waals surface area contributed by atoms with Gasteiger partial charge in [-0.25, -0.2) is 0 Å². The third kappa shape index (κ3) is 3.27. The average Bonchev–Trinajstić information content (AvgIpc) is 2.96. The molecule has 2 aliphatic carbocycles. The van der Waals surface area contributed by atoms with Crippen LogP contribution in [0.3, 0.4) is 0 Å². The third-order valence-corrected chi connectivity index (χ3v) is 5.63. The average molecular weight is 254 g/mol. The molecule has 18 heavy (non-hydrogen) atoms. The van der Waals surface area contributed by atoms with Crippen LogP contribution in [0.5, 0.6) is 0 Å². The van der Waals surface area contributed by atoms with Crippen LogP contribution < -0.4 is 0 Å². The first-order valence-corrected chi connectivity index (χ1v) is 8.02. The molecule has 2 aliphatic rings. The van der Waals surface area contributed by atoms with Crippen LogP contribution in [0.2, 0.25) is 0 Å². The molecule has 2 nitrogen and oxygen atoms in total. The summed E-state index contributed by atoms with van der Waals surface area (Å²) < 4.78 is 0. The van der Waals surface area contributed by atoms with Gasteiger partial charge in [-0.1, -0.05) is 44.9 Å². The fourth-order valence-electron chi connectivity index (χ4n) is 4.18. The summed E-state index contributed by atoms with van der Waals surface area (Å²) in [6, 6.07) is 0. The van der Waals surface area contributed by atoms with Crippen molar-refractivity contribution < 1.29 is 10.2 Å². The zero-order valence-corrected chi connectivity index (χ0v) is 11.7. The van der Waals surface area contributed by atoms with Gasteiger partial charge in [0.2, 0.25) is 0 Å². The molecule has 106 valence electrons. The predicted molar refractivity (Wildman–Crippen MR) is 74.4 cm³/mol. The minimum Gasteiger partial charge on any atom is -0.396 e. The Bertz CT molecular complexity index is 223.